The van der Waals surface area contributed by atoms with E-state index in [1.54, 1.807) is 47.4 Å². The minimum absolute atomic E-state index is 0.0333. The summed E-state index contributed by atoms with van der Waals surface area (Å²) in [5, 5.41) is 15.1. The quantitative estimate of drug-likeness (QED) is 0.262. The summed E-state index contributed by atoms with van der Waals surface area (Å²) in [6.07, 6.45) is 0.369. The van der Waals surface area contributed by atoms with Crippen LogP contribution < -0.4 is 15.3 Å². The van der Waals surface area contributed by atoms with E-state index in [2.05, 4.69) is 10.4 Å². The first-order chi connectivity index (χ1) is 19.2. The Morgan fingerprint density at radius 3 is 2.55 bits per heavy atom. The molecular formula is C29H33ClN3O6P. The molecule has 3 aromatic carbocycles. The minimum Gasteiger partial charge on any atom is -0.395 e. The zero-order chi connectivity index (χ0) is 28.9. The van der Waals surface area contributed by atoms with Crippen molar-refractivity contribution in [2.24, 2.45) is 0 Å². The molecule has 2 atom stereocenters. The van der Waals surface area contributed by atoms with Crippen molar-refractivity contribution >= 4 is 42.5 Å². The van der Waals surface area contributed by atoms with Gasteiger partial charge in [0.25, 0.3) is 11.8 Å². The van der Waals surface area contributed by atoms with Crippen LogP contribution in [0.4, 0.5) is 11.4 Å². The summed E-state index contributed by atoms with van der Waals surface area (Å²) in [5.41, 5.74) is 4.44. The van der Waals surface area contributed by atoms with Crippen molar-refractivity contribution < 1.29 is 28.3 Å². The number of nitrogens with zero attached hydrogens (tertiary/aromatic N) is 1. The van der Waals surface area contributed by atoms with E-state index >= 15 is 0 Å². The summed E-state index contributed by atoms with van der Waals surface area (Å²) in [6.45, 7) is 3.90. The third kappa shape index (κ3) is 6.81. The fourth-order valence-electron chi connectivity index (χ4n) is 4.71. The average Bonchev–Trinajstić information content (AvgIpc) is 3.10. The van der Waals surface area contributed by atoms with Crippen LogP contribution in [0.1, 0.15) is 56.4 Å². The van der Waals surface area contributed by atoms with E-state index in [1.807, 2.05) is 32.0 Å². The number of carbonyl (C=O) groups excluding carboxylic acids is 2. The summed E-state index contributed by atoms with van der Waals surface area (Å²) in [7, 11) is -2.45. The topological polar surface area (TPSA) is 117 Å². The fraction of sp³-hybridized carbons (Fsp3) is 0.310. The van der Waals surface area contributed by atoms with Gasteiger partial charge in [0.05, 0.1) is 12.7 Å². The molecule has 0 saturated carbocycles. The SMILES string of the molecule is COP(=O)(NCCO)OC1CCCN(C(=O)c2ccc(NC(=O)c3ccccc3C)cc2C)c2ccc(Cl)cc21. The van der Waals surface area contributed by atoms with Crippen LogP contribution in [0, 0.1) is 13.8 Å². The molecule has 0 radical (unpaired) electrons. The summed E-state index contributed by atoms with van der Waals surface area (Å²) in [5.74, 6) is -0.436. The predicted octanol–water partition coefficient (Wildman–Crippen LogP) is 6.04. The molecule has 0 aliphatic carbocycles. The molecule has 1 aliphatic rings. The van der Waals surface area contributed by atoms with Crippen molar-refractivity contribution in [1.82, 2.24) is 5.09 Å². The number of hydrogen-bond acceptors (Lipinski definition) is 6. The van der Waals surface area contributed by atoms with Crippen molar-refractivity contribution in [2.45, 2.75) is 32.8 Å². The number of carbonyl (C=O) groups is 2. The summed E-state index contributed by atoms with van der Waals surface area (Å²) < 4.78 is 24.2. The number of aliphatic hydroxyl groups excluding tert-OH is 1. The molecule has 0 bridgehead atoms. The third-order valence-electron chi connectivity index (χ3n) is 6.75. The molecular weight excluding hydrogens is 553 g/mol. The molecule has 4 rings (SSSR count). The van der Waals surface area contributed by atoms with Crippen LogP contribution >= 0.6 is 19.3 Å². The first-order valence-electron chi connectivity index (χ1n) is 12.9. The first kappa shape index (κ1) is 29.9. The number of amides is 2. The maximum absolute atomic E-state index is 13.9. The molecule has 1 heterocycles. The maximum Gasteiger partial charge on any atom is 0.405 e. The number of anilines is 2. The molecule has 11 heteroatoms. The molecule has 0 fully saturated rings. The third-order valence-corrected chi connectivity index (χ3v) is 8.61. The highest BCUT2D eigenvalue weighted by molar-refractivity contribution is 7.51. The molecule has 40 heavy (non-hydrogen) atoms. The van der Waals surface area contributed by atoms with Crippen molar-refractivity contribution in [2.75, 3.05) is 37.0 Å². The molecule has 0 saturated heterocycles. The van der Waals surface area contributed by atoms with Gasteiger partial charge >= 0.3 is 7.75 Å². The van der Waals surface area contributed by atoms with Gasteiger partial charge in [0.2, 0.25) is 0 Å². The van der Waals surface area contributed by atoms with E-state index in [1.165, 1.54) is 7.11 Å². The lowest BCUT2D eigenvalue weighted by atomic mass is 10.0. The van der Waals surface area contributed by atoms with Gasteiger partial charge in [0, 0.05) is 53.3 Å². The summed E-state index contributed by atoms with van der Waals surface area (Å²) >= 11 is 6.32. The molecule has 3 aromatic rings. The van der Waals surface area contributed by atoms with Crippen LogP contribution in [-0.4, -0.2) is 43.7 Å². The van der Waals surface area contributed by atoms with Gasteiger partial charge in [-0.3, -0.25) is 14.1 Å². The number of aliphatic hydroxyl groups is 1. The van der Waals surface area contributed by atoms with E-state index in [0.29, 0.717) is 58.0 Å². The van der Waals surface area contributed by atoms with Gasteiger partial charge < -0.3 is 19.8 Å². The lowest BCUT2D eigenvalue weighted by molar-refractivity contribution is 0.0984. The molecule has 3 N–H and O–H groups in total. The Hall–Kier alpha value is -3.04. The lowest BCUT2D eigenvalue weighted by Crippen LogP contribution is -2.32. The van der Waals surface area contributed by atoms with Gasteiger partial charge in [0.1, 0.15) is 0 Å². The first-order valence-corrected chi connectivity index (χ1v) is 14.9. The van der Waals surface area contributed by atoms with Crippen molar-refractivity contribution in [1.29, 1.82) is 0 Å². The Balaban J connectivity index is 1.60. The largest absolute Gasteiger partial charge is 0.405 e. The van der Waals surface area contributed by atoms with Crippen molar-refractivity contribution in [3.63, 3.8) is 0 Å². The second-order valence-electron chi connectivity index (χ2n) is 9.51. The number of fused-ring (bicyclic) bond motifs is 1. The van der Waals surface area contributed by atoms with E-state index < -0.39 is 13.9 Å². The lowest BCUT2D eigenvalue weighted by Gasteiger charge is -2.26. The second-order valence-corrected chi connectivity index (χ2v) is 11.8. The van der Waals surface area contributed by atoms with Crippen molar-refractivity contribution in [3.8, 4) is 0 Å². The van der Waals surface area contributed by atoms with Crippen LogP contribution in [0.5, 0.6) is 0 Å². The Labute approximate surface area is 239 Å². The number of hydrogen-bond donors (Lipinski definition) is 3. The highest BCUT2D eigenvalue weighted by atomic mass is 35.5. The average molecular weight is 586 g/mol. The normalized spacial score (nSPS) is 16.5. The van der Waals surface area contributed by atoms with Crippen LogP contribution in [0.3, 0.4) is 0 Å². The minimum atomic E-state index is -3.72. The Bertz CT molecular complexity index is 1450. The molecule has 9 nitrogen and oxygen atoms in total. The number of nitrogens with one attached hydrogen (secondary N) is 2. The van der Waals surface area contributed by atoms with Gasteiger partial charge in [-0.2, -0.15) is 0 Å². The van der Waals surface area contributed by atoms with Gasteiger partial charge in [0.15, 0.2) is 0 Å². The molecule has 2 unspecified atom stereocenters. The number of rotatable bonds is 9. The summed E-state index contributed by atoms with van der Waals surface area (Å²) in [4.78, 5) is 28.3. The fourth-order valence-corrected chi connectivity index (χ4v) is 6.11. The van der Waals surface area contributed by atoms with E-state index in [-0.39, 0.29) is 25.0 Å². The summed E-state index contributed by atoms with van der Waals surface area (Å²) in [6, 6.07) is 17.7. The molecule has 0 spiro atoms. The smallest absolute Gasteiger partial charge is 0.395 e. The van der Waals surface area contributed by atoms with Gasteiger partial charge in [-0.1, -0.05) is 29.8 Å². The zero-order valence-corrected chi connectivity index (χ0v) is 24.3. The van der Waals surface area contributed by atoms with E-state index in [9.17, 15) is 14.2 Å². The van der Waals surface area contributed by atoms with Crippen molar-refractivity contribution in [3.05, 3.63) is 93.5 Å². The Morgan fingerprint density at radius 1 is 1.07 bits per heavy atom. The standard InChI is InChI=1S/C29H33ClN3O6P/c1-19-7-4-5-8-23(19)28(35)32-22-11-12-24(20(2)17-22)29(36)33-15-6-9-27(25-18-21(30)10-13-26(25)33)39-40(37,38-3)31-14-16-34/h4-5,7-8,10-13,17-18,27,34H,6,9,14-16H2,1-3H3,(H,31,37)(H,32,35). The number of benzene rings is 3. The van der Waals surface area contributed by atoms with E-state index in [4.69, 9.17) is 25.8 Å². The number of aryl methyl sites for hydroxylation is 2. The Kier molecular flexibility index (Phi) is 9.79. The number of halogens is 1. The second kappa shape index (κ2) is 13.1. The highest BCUT2D eigenvalue weighted by Crippen LogP contribution is 2.51. The molecule has 2 amide bonds. The van der Waals surface area contributed by atoms with Gasteiger partial charge in [-0.05, 0) is 80.3 Å². The molecule has 212 valence electrons. The highest BCUT2D eigenvalue weighted by Gasteiger charge is 2.34. The molecule has 0 aromatic heterocycles. The predicted molar refractivity (Wildman–Crippen MR) is 156 cm³/mol. The monoisotopic (exact) mass is 585 g/mol. The van der Waals surface area contributed by atoms with Crippen LogP contribution in [0.2, 0.25) is 5.02 Å². The molecule has 1 aliphatic heterocycles. The van der Waals surface area contributed by atoms with Gasteiger partial charge in [-0.25, -0.2) is 9.65 Å². The van der Waals surface area contributed by atoms with Gasteiger partial charge in [-0.15, -0.1) is 0 Å². The zero-order valence-electron chi connectivity index (χ0n) is 22.6. The Morgan fingerprint density at radius 2 is 1.85 bits per heavy atom. The van der Waals surface area contributed by atoms with Crippen LogP contribution in [0.25, 0.3) is 0 Å². The van der Waals surface area contributed by atoms with E-state index in [0.717, 1.165) is 5.56 Å². The maximum atomic E-state index is 13.9. The van der Waals surface area contributed by atoms with Crippen LogP contribution in [-0.2, 0) is 13.6 Å². The van der Waals surface area contributed by atoms with Crippen LogP contribution in [0.15, 0.2) is 60.7 Å².